The van der Waals surface area contributed by atoms with Gasteiger partial charge in [0.15, 0.2) is 5.82 Å². The third-order valence-corrected chi connectivity index (χ3v) is 4.66. The highest BCUT2D eigenvalue weighted by atomic mass is 16.5. The van der Waals surface area contributed by atoms with Gasteiger partial charge < -0.3 is 24.4 Å². The Hall–Kier alpha value is -2.68. The fraction of sp³-hybridized carbons (Fsp3) is 0.556. The Labute approximate surface area is 159 Å². The molecule has 0 bridgehead atoms. The van der Waals surface area contributed by atoms with Crippen LogP contribution in [-0.2, 0) is 11.3 Å². The predicted octanol–water partition coefficient (Wildman–Crippen LogP) is 1.30. The number of hydrogen-bond acceptors (Lipinski definition) is 6. The van der Waals surface area contributed by atoms with Crippen LogP contribution < -0.4 is 10.2 Å². The molecule has 0 aromatic carbocycles. The van der Waals surface area contributed by atoms with Crippen LogP contribution in [0.15, 0.2) is 30.7 Å². The van der Waals surface area contributed by atoms with Gasteiger partial charge in [0.25, 0.3) is 0 Å². The van der Waals surface area contributed by atoms with Crippen LogP contribution in [-0.4, -0.2) is 70.6 Å². The highest BCUT2D eigenvalue weighted by molar-refractivity contribution is 5.75. The van der Waals surface area contributed by atoms with Gasteiger partial charge in [0.05, 0.1) is 6.04 Å². The number of aromatic nitrogens is 4. The second kappa shape index (κ2) is 9.31. The van der Waals surface area contributed by atoms with E-state index in [-0.39, 0.29) is 12.1 Å². The summed E-state index contributed by atoms with van der Waals surface area (Å²) in [5.41, 5.74) is 0. The fourth-order valence-corrected chi connectivity index (χ4v) is 3.17. The minimum Gasteiger partial charge on any atom is -0.385 e. The molecular formula is C18H27N7O2. The molecule has 1 fully saturated rings. The highest BCUT2D eigenvalue weighted by Crippen LogP contribution is 2.14. The molecule has 2 aromatic heterocycles. The number of methoxy groups -OCH3 is 1. The molecule has 0 saturated carbocycles. The Bertz CT molecular complexity index is 714. The van der Waals surface area contributed by atoms with Gasteiger partial charge in [0.1, 0.15) is 12.1 Å². The van der Waals surface area contributed by atoms with E-state index in [0.717, 1.165) is 37.7 Å². The zero-order valence-electron chi connectivity index (χ0n) is 15.9. The van der Waals surface area contributed by atoms with Crippen LogP contribution >= 0.6 is 0 Å². The van der Waals surface area contributed by atoms with Gasteiger partial charge in [-0.3, -0.25) is 0 Å². The number of aryl methyl sites for hydroxylation is 1. The van der Waals surface area contributed by atoms with Crippen molar-refractivity contribution in [2.45, 2.75) is 25.9 Å². The third-order valence-electron chi connectivity index (χ3n) is 4.66. The Morgan fingerprint density at radius 3 is 2.81 bits per heavy atom. The molecule has 0 unspecified atom stereocenters. The molecule has 1 aliphatic heterocycles. The Kier molecular flexibility index (Phi) is 6.59. The van der Waals surface area contributed by atoms with Gasteiger partial charge >= 0.3 is 6.03 Å². The van der Waals surface area contributed by atoms with E-state index in [0.29, 0.717) is 19.7 Å². The maximum atomic E-state index is 12.6. The lowest BCUT2D eigenvalue weighted by molar-refractivity contribution is 0.187. The average molecular weight is 373 g/mol. The lowest BCUT2D eigenvalue weighted by atomic mass is 10.3. The molecule has 3 heterocycles. The standard InChI is InChI=1S/C18H27N7O2/c1-15(17-22-20-14-25(17)8-5-13-27-2)21-18(26)24-11-9-23(10-12-24)16-6-3-4-7-19-16/h3-4,6-7,14-15H,5,8-13H2,1-2H3,(H,21,26)/t15-/m0/s1. The molecule has 1 atom stereocenters. The lowest BCUT2D eigenvalue weighted by Crippen LogP contribution is -2.52. The van der Waals surface area contributed by atoms with E-state index in [1.165, 1.54) is 0 Å². The number of hydrogen-bond donors (Lipinski definition) is 1. The van der Waals surface area contributed by atoms with Crippen molar-refractivity contribution in [3.05, 3.63) is 36.5 Å². The summed E-state index contributed by atoms with van der Waals surface area (Å²) in [7, 11) is 1.68. The van der Waals surface area contributed by atoms with Crippen molar-refractivity contribution in [2.75, 3.05) is 44.8 Å². The van der Waals surface area contributed by atoms with E-state index in [9.17, 15) is 4.79 Å². The first kappa shape index (κ1) is 19.1. The number of piperazine rings is 1. The molecule has 1 aliphatic rings. The van der Waals surface area contributed by atoms with Crippen LogP contribution in [0.1, 0.15) is 25.2 Å². The molecule has 0 radical (unpaired) electrons. The average Bonchev–Trinajstić information content (AvgIpc) is 3.18. The fourth-order valence-electron chi connectivity index (χ4n) is 3.17. The monoisotopic (exact) mass is 373 g/mol. The number of ether oxygens (including phenoxy) is 1. The summed E-state index contributed by atoms with van der Waals surface area (Å²) in [6, 6.07) is 5.59. The van der Waals surface area contributed by atoms with Gasteiger partial charge in [-0.15, -0.1) is 10.2 Å². The summed E-state index contributed by atoms with van der Waals surface area (Å²) in [4.78, 5) is 21.0. The maximum Gasteiger partial charge on any atom is 0.318 e. The summed E-state index contributed by atoms with van der Waals surface area (Å²) in [6.07, 6.45) is 4.36. The minimum atomic E-state index is -0.212. The van der Waals surface area contributed by atoms with Crippen molar-refractivity contribution in [2.24, 2.45) is 0 Å². The van der Waals surface area contributed by atoms with Crippen molar-refractivity contribution in [1.29, 1.82) is 0 Å². The number of carbonyl (C=O) groups excluding carboxylic acids is 1. The van der Waals surface area contributed by atoms with Gasteiger partial charge in [-0.05, 0) is 25.5 Å². The highest BCUT2D eigenvalue weighted by Gasteiger charge is 2.24. The van der Waals surface area contributed by atoms with Gasteiger partial charge in [0.2, 0.25) is 0 Å². The van der Waals surface area contributed by atoms with Crippen LogP contribution in [0.2, 0.25) is 0 Å². The number of anilines is 1. The van der Waals surface area contributed by atoms with Crippen LogP contribution in [0, 0.1) is 0 Å². The van der Waals surface area contributed by atoms with E-state index in [2.05, 4.69) is 25.4 Å². The second-order valence-corrected chi connectivity index (χ2v) is 6.56. The topological polar surface area (TPSA) is 88.4 Å². The molecule has 0 spiro atoms. The number of urea groups is 1. The number of rotatable bonds is 7. The van der Waals surface area contributed by atoms with Crippen LogP contribution in [0.3, 0.4) is 0 Å². The zero-order chi connectivity index (χ0) is 19.1. The number of carbonyl (C=O) groups is 1. The van der Waals surface area contributed by atoms with Crippen LogP contribution in [0.5, 0.6) is 0 Å². The summed E-state index contributed by atoms with van der Waals surface area (Å²) >= 11 is 0. The largest absolute Gasteiger partial charge is 0.385 e. The first-order valence-corrected chi connectivity index (χ1v) is 9.27. The normalized spacial score (nSPS) is 15.6. The van der Waals surface area contributed by atoms with Gasteiger partial charge in [-0.2, -0.15) is 0 Å². The third kappa shape index (κ3) is 4.94. The van der Waals surface area contributed by atoms with E-state index >= 15 is 0 Å². The van der Waals surface area contributed by atoms with Gasteiger partial charge in [0, 0.05) is 52.6 Å². The van der Waals surface area contributed by atoms with E-state index in [1.54, 1.807) is 19.6 Å². The molecule has 1 saturated heterocycles. The van der Waals surface area contributed by atoms with Crippen molar-refractivity contribution in [3.8, 4) is 0 Å². The molecule has 0 aliphatic carbocycles. The SMILES string of the molecule is COCCCn1cnnc1[C@H](C)NC(=O)N1CCN(c2ccccn2)CC1. The minimum absolute atomic E-state index is 0.0744. The molecule has 9 nitrogen and oxygen atoms in total. The quantitative estimate of drug-likeness (QED) is 0.736. The first-order valence-electron chi connectivity index (χ1n) is 9.27. The molecule has 2 aromatic rings. The number of nitrogens with zero attached hydrogens (tertiary/aromatic N) is 6. The van der Waals surface area contributed by atoms with E-state index in [4.69, 9.17) is 4.74 Å². The Morgan fingerprint density at radius 1 is 1.30 bits per heavy atom. The van der Waals surface area contributed by atoms with E-state index in [1.807, 2.05) is 34.6 Å². The second-order valence-electron chi connectivity index (χ2n) is 6.56. The summed E-state index contributed by atoms with van der Waals surface area (Å²) in [5, 5.41) is 11.2. The molecule has 27 heavy (non-hydrogen) atoms. The van der Waals surface area contributed by atoms with Gasteiger partial charge in [-0.1, -0.05) is 6.07 Å². The first-order chi connectivity index (χ1) is 13.2. The predicted molar refractivity (Wildman–Crippen MR) is 101 cm³/mol. The molecule has 3 rings (SSSR count). The summed E-state index contributed by atoms with van der Waals surface area (Å²) < 4.78 is 7.05. The van der Waals surface area contributed by atoms with Crippen LogP contribution in [0.25, 0.3) is 0 Å². The Balaban J connectivity index is 1.50. The van der Waals surface area contributed by atoms with Crippen molar-refractivity contribution >= 4 is 11.8 Å². The zero-order valence-corrected chi connectivity index (χ0v) is 15.9. The van der Waals surface area contributed by atoms with Crippen LogP contribution in [0.4, 0.5) is 10.6 Å². The molecule has 2 amide bonds. The molecule has 9 heteroatoms. The number of pyridine rings is 1. The molecular weight excluding hydrogens is 346 g/mol. The smallest absolute Gasteiger partial charge is 0.318 e. The summed E-state index contributed by atoms with van der Waals surface area (Å²) in [5.74, 6) is 1.71. The maximum absolute atomic E-state index is 12.6. The Morgan fingerprint density at radius 2 is 2.11 bits per heavy atom. The molecule has 146 valence electrons. The lowest BCUT2D eigenvalue weighted by Gasteiger charge is -2.35. The summed E-state index contributed by atoms with van der Waals surface area (Å²) in [6.45, 7) is 6.24. The van der Waals surface area contributed by atoms with Crippen molar-refractivity contribution in [3.63, 3.8) is 0 Å². The van der Waals surface area contributed by atoms with Crippen molar-refractivity contribution in [1.82, 2.24) is 30.0 Å². The number of nitrogens with one attached hydrogen (secondary N) is 1. The van der Waals surface area contributed by atoms with E-state index < -0.39 is 0 Å². The number of amides is 2. The van der Waals surface area contributed by atoms with Crippen molar-refractivity contribution < 1.29 is 9.53 Å². The van der Waals surface area contributed by atoms with Gasteiger partial charge in [-0.25, -0.2) is 9.78 Å². The molecule has 1 N–H and O–H groups in total.